The van der Waals surface area contributed by atoms with Gasteiger partial charge in [0.1, 0.15) is 11.6 Å². The molecule has 0 aliphatic carbocycles. The average molecular weight is 232 g/mol. The van der Waals surface area contributed by atoms with E-state index in [2.05, 4.69) is 0 Å². The van der Waals surface area contributed by atoms with Crippen molar-refractivity contribution < 1.29 is 13.9 Å². The van der Waals surface area contributed by atoms with Crippen LogP contribution in [0.4, 0.5) is 4.39 Å². The van der Waals surface area contributed by atoms with E-state index < -0.39 is 11.9 Å². The zero-order valence-corrected chi connectivity index (χ0v) is 9.14. The normalized spacial score (nSPS) is 12.3. The van der Waals surface area contributed by atoms with E-state index in [1.54, 1.807) is 6.92 Å². The van der Waals surface area contributed by atoms with Crippen molar-refractivity contribution >= 4 is 17.4 Å². The number of hydrogen-bond acceptors (Lipinski definition) is 3. The molecule has 0 radical (unpaired) electrons. The summed E-state index contributed by atoms with van der Waals surface area (Å²) >= 11 is 5.57. The highest BCUT2D eigenvalue weighted by Gasteiger charge is 2.18. The first-order valence-corrected chi connectivity index (χ1v) is 4.68. The van der Waals surface area contributed by atoms with Crippen LogP contribution >= 0.6 is 11.6 Å². The minimum absolute atomic E-state index is 0.125. The maximum atomic E-state index is 13.1. The molecule has 0 saturated carbocycles. The topological polar surface area (TPSA) is 52.3 Å². The largest absolute Gasteiger partial charge is 0.496 e. The quantitative estimate of drug-likeness (QED) is 0.810. The molecule has 0 heterocycles. The summed E-state index contributed by atoms with van der Waals surface area (Å²) in [6.45, 7) is 1.54. The van der Waals surface area contributed by atoms with E-state index in [0.717, 1.165) is 6.07 Å². The Morgan fingerprint density at radius 1 is 1.60 bits per heavy atom. The summed E-state index contributed by atoms with van der Waals surface area (Å²) in [6, 6.07) is 1.61. The van der Waals surface area contributed by atoms with E-state index in [1.807, 2.05) is 0 Å². The van der Waals surface area contributed by atoms with Gasteiger partial charge in [-0.2, -0.15) is 0 Å². The molecule has 3 nitrogen and oxygen atoms in total. The predicted molar refractivity (Wildman–Crippen MR) is 55.9 cm³/mol. The minimum Gasteiger partial charge on any atom is -0.496 e. The first-order chi connectivity index (χ1) is 6.97. The van der Waals surface area contributed by atoms with E-state index in [0.29, 0.717) is 0 Å². The Morgan fingerprint density at radius 2 is 2.20 bits per heavy atom. The molecule has 1 atom stereocenters. The maximum absolute atomic E-state index is 13.1. The third-order valence-corrected chi connectivity index (χ3v) is 2.21. The minimum atomic E-state index is -0.680. The number of ether oxygens (including phenoxy) is 1. The number of nitrogens with two attached hydrogens (primary N) is 1. The van der Waals surface area contributed by atoms with Gasteiger partial charge in [0.25, 0.3) is 0 Å². The molecule has 1 unspecified atom stereocenters. The fraction of sp³-hybridized carbons (Fsp3) is 0.300. The van der Waals surface area contributed by atoms with Gasteiger partial charge in [-0.15, -0.1) is 0 Å². The summed E-state index contributed by atoms with van der Waals surface area (Å²) in [6.07, 6.45) is 0. The number of methoxy groups -OCH3 is 1. The molecule has 1 aromatic rings. The standard InChI is InChI=1S/C10H11ClFNO2/c1-5(13)10(14)6-3-7(11)8(12)4-9(6)15-2/h3-5H,13H2,1-2H3. The van der Waals surface area contributed by atoms with Crippen molar-refractivity contribution in [2.24, 2.45) is 5.73 Å². The molecule has 0 spiro atoms. The smallest absolute Gasteiger partial charge is 0.182 e. The fourth-order valence-corrected chi connectivity index (χ4v) is 1.30. The molecule has 0 aliphatic rings. The lowest BCUT2D eigenvalue weighted by molar-refractivity contribution is 0.0965. The number of Topliss-reactive ketones (excluding diaryl/α,β-unsaturated/α-hetero) is 1. The number of benzene rings is 1. The number of rotatable bonds is 3. The zero-order chi connectivity index (χ0) is 11.6. The molecule has 0 bridgehead atoms. The van der Waals surface area contributed by atoms with Gasteiger partial charge in [-0.05, 0) is 13.0 Å². The molecule has 0 aliphatic heterocycles. The molecule has 0 saturated heterocycles. The van der Waals surface area contributed by atoms with E-state index in [1.165, 1.54) is 13.2 Å². The number of carbonyl (C=O) groups is 1. The molecular formula is C10H11ClFNO2. The van der Waals surface area contributed by atoms with Crippen molar-refractivity contribution in [3.63, 3.8) is 0 Å². The summed E-state index contributed by atoms with van der Waals surface area (Å²) in [4.78, 5) is 11.6. The van der Waals surface area contributed by atoms with Crippen LogP contribution in [-0.2, 0) is 0 Å². The van der Waals surface area contributed by atoms with Gasteiger partial charge in [-0.25, -0.2) is 4.39 Å². The Bertz CT molecular complexity index is 393. The van der Waals surface area contributed by atoms with Gasteiger partial charge in [-0.1, -0.05) is 11.6 Å². The summed E-state index contributed by atoms with van der Waals surface area (Å²) in [5, 5.41) is -0.125. The van der Waals surface area contributed by atoms with Gasteiger partial charge < -0.3 is 10.5 Å². The average Bonchev–Trinajstić information content (AvgIpc) is 2.20. The number of ketones is 1. The van der Waals surface area contributed by atoms with Gasteiger partial charge in [0.15, 0.2) is 5.78 Å². The zero-order valence-electron chi connectivity index (χ0n) is 8.38. The van der Waals surface area contributed by atoms with Crippen LogP contribution in [0, 0.1) is 5.82 Å². The summed E-state index contributed by atoms with van der Waals surface area (Å²) in [5.74, 6) is -0.831. The number of carbonyl (C=O) groups excluding carboxylic acids is 1. The molecule has 1 rings (SSSR count). The van der Waals surface area contributed by atoms with Crippen molar-refractivity contribution in [3.05, 3.63) is 28.5 Å². The third kappa shape index (κ3) is 2.46. The van der Waals surface area contributed by atoms with Crippen LogP contribution in [-0.4, -0.2) is 18.9 Å². The Hall–Kier alpha value is -1.13. The van der Waals surface area contributed by atoms with Gasteiger partial charge in [-0.3, -0.25) is 4.79 Å². The van der Waals surface area contributed by atoms with Crippen LogP contribution in [0.3, 0.4) is 0 Å². The molecule has 2 N–H and O–H groups in total. The van der Waals surface area contributed by atoms with Crippen LogP contribution in [0.15, 0.2) is 12.1 Å². The van der Waals surface area contributed by atoms with Crippen molar-refractivity contribution in [2.75, 3.05) is 7.11 Å². The first kappa shape index (κ1) is 11.9. The van der Waals surface area contributed by atoms with Crippen molar-refractivity contribution in [3.8, 4) is 5.75 Å². The van der Waals surface area contributed by atoms with Gasteiger partial charge in [0, 0.05) is 6.07 Å². The predicted octanol–water partition coefficient (Wildman–Crippen LogP) is 2.02. The van der Waals surface area contributed by atoms with Crippen LogP contribution < -0.4 is 10.5 Å². The molecule has 1 aromatic carbocycles. The monoisotopic (exact) mass is 231 g/mol. The molecule has 5 heteroatoms. The maximum Gasteiger partial charge on any atom is 0.182 e. The van der Waals surface area contributed by atoms with E-state index in [-0.39, 0.29) is 22.1 Å². The van der Waals surface area contributed by atoms with Crippen LogP contribution in [0.25, 0.3) is 0 Å². The Kier molecular flexibility index (Phi) is 3.66. The van der Waals surface area contributed by atoms with Crippen molar-refractivity contribution in [2.45, 2.75) is 13.0 Å². The van der Waals surface area contributed by atoms with Crippen LogP contribution in [0.1, 0.15) is 17.3 Å². The van der Waals surface area contributed by atoms with Gasteiger partial charge in [0.05, 0.1) is 23.7 Å². The fourth-order valence-electron chi connectivity index (χ4n) is 1.14. The first-order valence-electron chi connectivity index (χ1n) is 4.30. The number of hydrogen-bond donors (Lipinski definition) is 1. The summed E-state index contributed by atoms with van der Waals surface area (Å²) in [5.41, 5.74) is 5.63. The summed E-state index contributed by atoms with van der Waals surface area (Å²) < 4.78 is 17.9. The lowest BCUT2D eigenvalue weighted by Gasteiger charge is -2.10. The highest BCUT2D eigenvalue weighted by Crippen LogP contribution is 2.26. The van der Waals surface area contributed by atoms with E-state index in [9.17, 15) is 9.18 Å². The third-order valence-electron chi connectivity index (χ3n) is 1.92. The second kappa shape index (κ2) is 4.59. The second-order valence-corrected chi connectivity index (χ2v) is 3.53. The molecule has 0 aromatic heterocycles. The Balaban J connectivity index is 3.27. The lowest BCUT2D eigenvalue weighted by Crippen LogP contribution is -2.27. The molecule has 15 heavy (non-hydrogen) atoms. The number of halogens is 2. The van der Waals surface area contributed by atoms with Crippen LogP contribution in [0.2, 0.25) is 5.02 Å². The molecule has 0 fully saturated rings. The molecular weight excluding hydrogens is 221 g/mol. The van der Waals surface area contributed by atoms with Gasteiger partial charge >= 0.3 is 0 Å². The Labute approximate surface area is 92.0 Å². The van der Waals surface area contributed by atoms with Gasteiger partial charge in [0.2, 0.25) is 0 Å². The Morgan fingerprint density at radius 3 is 2.67 bits per heavy atom. The second-order valence-electron chi connectivity index (χ2n) is 3.12. The lowest BCUT2D eigenvalue weighted by atomic mass is 10.0. The van der Waals surface area contributed by atoms with Crippen molar-refractivity contribution in [1.29, 1.82) is 0 Å². The highest BCUT2D eigenvalue weighted by molar-refractivity contribution is 6.31. The van der Waals surface area contributed by atoms with E-state index in [4.69, 9.17) is 22.1 Å². The van der Waals surface area contributed by atoms with Crippen LogP contribution in [0.5, 0.6) is 5.75 Å². The van der Waals surface area contributed by atoms with Crippen molar-refractivity contribution in [1.82, 2.24) is 0 Å². The van der Waals surface area contributed by atoms with E-state index >= 15 is 0 Å². The SMILES string of the molecule is COc1cc(F)c(Cl)cc1C(=O)C(C)N. The molecule has 0 amide bonds. The molecule has 82 valence electrons. The highest BCUT2D eigenvalue weighted by atomic mass is 35.5. The summed E-state index contributed by atoms with van der Waals surface area (Å²) in [7, 11) is 1.35.